The second-order valence-corrected chi connectivity index (χ2v) is 3.92. The van der Waals surface area contributed by atoms with Crippen molar-refractivity contribution in [1.29, 1.82) is 0 Å². The highest BCUT2D eigenvalue weighted by molar-refractivity contribution is 5.95. The summed E-state index contributed by atoms with van der Waals surface area (Å²) in [5.74, 6) is -0.231. The predicted molar refractivity (Wildman–Crippen MR) is 67.7 cm³/mol. The number of halogens is 2. The molecule has 0 atom stereocenters. The van der Waals surface area contributed by atoms with Crippen LogP contribution in [0.3, 0.4) is 0 Å². The maximum atomic E-state index is 11.9. The maximum absolute atomic E-state index is 11.9. The molecule has 0 saturated carbocycles. The second kappa shape index (κ2) is 7.68. The van der Waals surface area contributed by atoms with Crippen LogP contribution in [-0.2, 0) is 15.9 Å². The number of hydrogen-bond acceptors (Lipinski definition) is 6. The molecule has 6 nitrogen and oxygen atoms in total. The summed E-state index contributed by atoms with van der Waals surface area (Å²) in [6, 6.07) is 0. The first-order valence-corrected chi connectivity index (χ1v) is 6.11. The summed E-state index contributed by atoms with van der Waals surface area (Å²) >= 11 is 0. The molecule has 0 aliphatic rings. The summed E-state index contributed by atoms with van der Waals surface area (Å²) in [6.45, 7) is 2.94. The average molecular weight is 289 g/mol. The maximum Gasteiger partial charge on any atom is 0.343 e. The summed E-state index contributed by atoms with van der Waals surface area (Å²) in [6.07, 6.45) is -2.27. The lowest BCUT2D eigenvalue weighted by Crippen LogP contribution is -2.16. The van der Waals surface area contributed by atoms with Crippen LogP contribution in [-0.4, -0.2) is 42.2 Å². The highest BCUT2D eigenvalue weighted by Gasteiger charge is 2.17. The smallest absolute Gasteiger partial charge is 0.343 e. The lowest BCUT2D eigenvalue weighted by molar-refractivity contribution is 0.0182. The van der Waals surface area contributed by atoms with Crippen LogP contribution in [0, 0.1) is 6.92 Å². The van der Waals surface area contributed by atoms with Crippen LogP contribution < -0.4 is 5.73 Å². The zero-order valence-corrected chi connectivity index (χ0v) is 11.4. The van der Waals surface area contributed by atoms with Crippen molar-refractivity contribution >= 4 is 11.8 Å². The van der Waals surface area contributed by atoms with Crippen LogP contribution >= 0.6 is 0 Å². The summed E-state index contributed by atoms with van der Waals surface area (Å²) < 4.78 is 33.3. The number of esters is 1. The average Bonchev–Trinajstić information content (AvgIpc) is 2.34. The number of nitrogens with two attached hydrogens (primary N) is 1. The van der Waals surface area contributed by atoms with E-state index in [-0.39, 0.29) is 31.0 Å². The van der Waals surface area contributed by atoms with Gasteiger partial charge in [-0.1, -0.05) is 0 Å². The van der Waals surface area contributed by atoms with Gasteiger partial charge in [0, 0.05) is 6.42 Å². The molecule has 20 heavy (non-hydrogen) atoms. The lowest BCUT2D eigenvalue weighted by Gasteiger charge is -2.09. The molecule has 1 aromatic rings. The first-order valence-electron chi connectivity index (χ1n) is 6.11. The fourth-order valence-corrected chi connectivity index (χ4v) is 1.56. The fraction of sp³-hybridized carbons (Fsp3) is 0.583. The van der Waals surface area contributed by atoms with E-state index in [9.17, 15) is 13.6 Å². The standard InChI is InChI=1S/C12H17F2N3O3/c1-3-20-12(18)10-7(2)16-9(17-11(10)15)4-5-19-6-8(13)14/h8H,3-6H2,1-2H3,(H2,15,16,17). The van der Waals surface area contributed by atoms with E-state index >= 15 is 0 Å². The Labute approximate surface area is 115 Å². The number of rotatable bonds is 7. The summed E-state index contributed by atoms with van der Waals surface area (Å²) in [5, 5.41) is 0. The Kier molecular flexibility index (Phi) is 6.23. The Morgan fingerprint density at radius 1 is 1.40 bits per heavy atom. The molecule has 0 bridgehead atoms. The molecule has 0 unspecified atom stereocenters. The number of hydrogen-bond donors (Lipinski definition) is 1. The zero-order chi connectivity index (χ0) is 15.1. The topological polar surface area (TPSA) is 87.3 Å². The number of nitrogens with zero attached hydrogens (tertiary/aromatic N) is 2. The van der Waals surface area contributed by atoms with Gasteiger partial charge in [-0.15, -0.1) is 0 Å². The van der Waals surface area contributed by atoms with Crippen LogP contribution in [0.15, 0.2) is 0 Å². The lowest BCUT2D eigenvalue weighted by atomic mass is 10.2. The van der Waals surface area contributed by atoms with Crippen molar-refractivity contribution < 1.29 is 23.0 Å². The number of carbonyl (C=O) groups excluding carboxylic acids is 1. The van der Waals surface area contributed by atoms with Gasteiger partial charge in [0.2, 0.25) is 0 Å². The summed E-state index contributed by atoms with van der Waals surface area (Å²) in [4.78, 5) is 19.7. The molecule has 0 radical (unpaired) electrons. The minimum atomic E-state index is -2.51. The van der Waals surface area contributed by atoms with Gasteiger partial charge in [-0.2, -0.15) is 0 Å². The number of anilines is 1. The SMILES string of the molecule is CCOC(=O)c1c(C)nc(CCOCC(F)F)nc1N. The third-order valence-corrected chi connectivity index (χ3v) is 2.36. The van der Waals surface area contributed by atoms with E-state index in [2.05, 4.69) is 9.97 Å². The van der Waals surface area contributed by atoms with Crippen LogP contribution in [0.1, 0.15) is 28.8 Å². The third kappa shape index (κ3) is 4.69. The first kappa shape index (κ1) is 16.2. The Morgan fingerprint density at radius 2 is 2.10 bits per heavy atom. The molecule has 2 N–H and O–H groups in total. The van der Waals surface area contributed by atoms with E-state index in [1.54, 1.807) is 13.8 Å². The van der Waals surface area contributed by atoms with E-state index in [4.69, 9.17) is 15.2 Å². The van der Waals surface area contributed by atoms with E-state index in [1.165, 1.54) is 0 Å². The molecular formula is C12H17F2N3O3. The Morgan fingerprint density at radius 3 is 2.65 bits per heavy atom. The van der Waals surface area contributed by atoms with E-state index in [1.807, 2.05) is 0 Å². The molecule has 0 aliphatic carbocycles. The van der Waals surface area contributed by atoms with E-state index in [0.29, 0.717) is 11.5 Å². The van der Waals surface area contributed by atoms with Gasteiger partial charge in [0.05, 0.1) is 18.9 Å². The van der Waals surface area contributed by atoms with Gasteiger partial charge in [-0.05, 0) is 13.8 Å². The number of nitrogen functional groups attached to an aromatic ring is 1. The predicted octanol–water partition coefficient (Wildman–Crippen LogP) is 1.37. The van der Waals surface area contributed by atoms with Crippen molar-refractivity contribution in [2.45, 2.75) is 26.7 Å². The fourth-order valence-electron chi connectivity index (χ4n) is 1.56. The van der Waals surface area contributed by atoms with E-state index in [0.717, 1.165) is 0 Å². The normalized spacial score (nSPS) is 10.8. The molecule has 0 aliphatic heterocycles. The summed E-state index contributed by atoms with van der Waals surface area (Å²) in [5.41, 5.74) is 6.21. The number of aryl methyl sites for hydroxylation is 1. The minimum absolute atomic E-state index is 0.0137. The molecular weight excluding hydrogens is 272 g/mol. The van der Waals surface area contributed by atoms with Crippen molar-refractivity contribution in [2.24, 2.45) is 0 Å². The van der Waals surface area contributed by atoms with E-state index < -0.39 is 19.0 Å². The minimum Gasteiger partial charge on any atom is -0.462 e. The Hall–Kier alpha value is -1.83. The van der Waals surface area contributed by atoms with Crippen LogP contribution in [0.4, 0.5) is 14.6 Å². The molecule has 0 spiro atoms. The van der Waals surface area contributed by atoms with Gasteiger partial charge in [0.25, 0.3) is 6.43 Å². The first-order chi connectivity index (χ1) is 9.45. The number of alkyl halides is 2. The van der Waals surface area contributed by atoms with Gasteiger partial charge < -0.3 is 15.2 Å². The van der Waals surface area contributed by atoms with Gasteiger partial charge in [0.15, 0.2) is 0 Å². The van der Waals surface area contributed by atoms with Gasteiger partial charge in [0.1, 0.15) is 23.8 Å². The zero-order valence-electron chi connectivity index (χ0n) is 11.4. The van der Waals surface area contributed by atoms with Crippen molar-refractivity contribution in [1.82, 2.24) is 9.97 Å². The highest BCUT2D eigenvalue weighted by Crippen LogP contribution is 2.14. The van der Waals surface area contributed by atoms with Crippen LogP contribution in [0.25, 0.3) is 0 Å². The molecule has 1 aromatic heterocycles. The molecule has 8 heteroatoms. The van der Waals surface area contributed by atoms with Crippen molar-refractivity contribution in [3.8, 4) is 0 Å². The molecule has 0 amide bonds. The van der Waals surface area contributed by atoms with Crippen LogP contribution in [0.5, 0.6) is 0 Å². The summed E-state index contributed by atoms with van der Waals surface area (Å²) in [7, 11) is 0. The molecule has 0 saturated heterocycles. The number of carbonyl (C=O) groups is 1. The third-order valence-electron chi connectivity index (χ3n) is 2.36. The second-order valence-electron chi connectivity index (χ2n) is 3.92. The van der Waals surface area contributed by atoms with Gasteiger partial charge in [-0.3, -0.25) is 0 Å². The molecule has 112 valence electrons. The quantitative estimate of drug-likeness (QED) is 0.602. The Bertz CT molecular complexity index is 446. The number of ether oxygens (including phenoxy) is 2. The molecule has 0 fully saturated rings. The molecule has 1 rings (SSSR count). The monoisotopic (exact) mass is 289 g/mol. The van der Waals surface area contributed by atoms with Gasteiger partial charge >= 0.3 is 5.97 Å². The van der Waals surface area contributed by atoms with Crippen molar-refractivity contribution in [3.63, 3.8) is 0 Å². The Balaban J connectivity index is 2.70. The largest absolute Gasteiger partial charge is 0.462 e. The molecule has 1 heterocycles. The van der Waals surface area contributed by atoms with Crippen molar-refractivity contribution in [2.75, 3.05) is 25.6 Å². The van der Waals surface area contributed by atoms with Crippen molar-refractivity contribution in [3.05, 3.63) is 17.1 Å². The van der Waals surface area contributed by atoms with Crippen LogP contribution in [0.2, 0.25) is 0 Å². The highest BCUT2D eigenvalue weighted by atomic mass is 19.3. The number of aromatic nitrogens is 2. The van der Waals surface area contributed by atoms with Gasteiger partial charge in [-0.25, -0.2) is 23.5 Å². The molecule has 0 aromatic carbocycles.